The Balaban J connectivity index is 2.52. The Hall–Kier alpha value is -2.94. The number of allylic oxidation sites excluding steroid dienone is 1. The maximum atomic E-state index is 12.4. The van der Waals surface area contributed by atoms with Crippen LogP contribution in [-0.4, -0.2) is 37.8 Å². The van der Waals surface area contributed by atoms with Gasteiger partial charge in [0.1, 0.15) is 6.61 Å². The summed E-state index contributed by atoms with van der Waals surface area (Å²) in [5.74, 6) is -1.71. The number of halogens is 1. The summed E-state index contributed by atoms with van der Waals surface area (Å²) in [6.07, 6.45) is 0. The van der Waals surface area contributed by atoms with Gasteiger partial charge in [0, 0.05) is 17.3 Å². The van der Waals surface area contributed by atoms with Crippen LogP contribution in [0.1, 0.15) is 32.4 Å². The number of carboxylic acid groups (broad SMARTS) is 1. The van der Waals surface area contributed by atoms with Crippen LogP contribution in [0.2, 0.25) is 5.02 Å². The quantitative estimate of drug-likeness (QED) is 0.612. The lowest BCUT2D eigenvalue weighted by atomic mass is 9.95. The van der Waals surface area contributed by atoms with E-state index in [1.54, 1.807) is 20.8 Å². The Morgan fingerprint density at radius 1 is 1.18 bits per heavy atom. The monoisotopic (exact) mass is 411 g/mol. The summed E-state index contributed by atoms with van der Waals surface area (Å²) < 4.78 is 15.7. The van der Waals surface area contributed by atoms with Crippen molar-refractivity contribution in [1.82, 2.24) is 10.6 Å². The van der Waals surface area contributed by atoms with Crippen molar-refractivity contribution in [3.63, 3.8) is 0 Å². The number of ether oxygens (including phenoxy) is 3. The Bertz CT molecular complexity index is 822. The molecule has 1 atom stereocenters. The summed E-state index contributed by atoms with van der Waals surface area (Å²) in [7, 11) is 0. The fraction of sp³-hybridized carbons (Fsp3) is 0.389. The number of benzene rings is 1. The van der Waals surface area contributed by atoms with Crippen LogP contribution < -0.4 is 25.2 Å². The number of rotatable bonds is 8. The maximum absolute atomic E-state index is 12.4. The van der Waals surface area contributed by atoms with Gasteiger partial charge in [-0.15, -0.1) is 0 Å². The Morgan fingerprint density at radius 3 is 2.46 bits per heavy atom. The molecule has 1 aliphatic heterocycles. The molecule has 0 saturated heterocycles. The third kappa shape index (κ3) is 4.86. The van der Waals surface area contributed by atoms with E-state index in [4.69, 9.17) is 25.8 Å². The van der Waals surface area contributed by atoms with Gasteiger partial charge in [0.15, 0.2) is 11.5 Å². The minimum atomic E-state index is -1.41. The first-order valence-corrected chi connectivity index (χ1v) is 8.90. The molecule has 0 spiro atoms. The number of carboxylic acids is 1. The summed E-state index contributed by atoms with van der Waals surface area (Å²) in [5, 5.41) is 16.0. The van der Waals surface area contributed by atoms with Crippen molar-refractivity contribution in [3.8, 4) is 11.5 Å². The van der Waals surface area contributed by atoms with E-state index in [0.29, 0.717) is 11.3 Å². The first-order chi connectivity index (χ1) is 13.3. The van der Waals surface area contributed by atoms with Crippen LogP contribution in [0.4, 0.5) is 4.79 Å². The predicted octanol–water partition coefficient (Wildman–Crippen LogP) is 1.06. The average Bonchev–Trinajstić information content (AvgIpc) is 2.61. The number of hydrogen-bond acceptors (Lipinski definition) is 7. The molecule has 2 N–H and O–H groups in total. The molecule has 1 unspecified atom stereocenters. The van der Waals surface area contributed by atoms with Crippen molar-refractivity contribution in [3.05, 3.63) is 34.0 Å². The zero-order valence-corrected chi connectivity index (χ0v) is 16.3. The Morgan fingerprint density at radius 2 is 1.86 bits per heavy atom. The van der Waals surface area contributed by atoms with Crippen LogP contribution in [0.15, 0.2) is 23.4 Å². The Labute approximate surface area is 166 Å². The number of aliphatic carboxylic acids is 1. The van der Waals surface area contributed by atoms with E-state index in [2.05, 4.69) is 10.6 Å². The highest BCUT2D eigenvalue weighted by Gasteiger charge is 2.34. The van der Waals surface area contributed by atoms with Crippen LogP contribution in [0, 0.1) is 0 Å². The van der Waals surface area contributed by atoms with Crippen molar-refractivity contribution in [2.75, 3.05) is 19.8 Å². The van der Waals surface area contributed by atoms with Crippen molar-refractivity contribution in [1.29, 1.82) is 0 Å². The molecular weight excluding hydrogens is 392 g/mol. The zero-order chi connectivity index (χ0) is 20.8. The van der Waals surface area contributed by atoms with E-state index in [1.807, 2.05) is 0 Å². The van der Waals surface area contributed by atoms with E-state index < -0.39 is 30.6 Å². The van der Waals surface area contributed by atoms with E-state index in [9.17, 15) is 19.5 Å². The minimum Gasteiger partial charge on any atom is -0.546 e. The van der Waals surface area contributed by atoms with Gasteiger partial charge in [0.2, 0.25) is 0 Å². The third-order valence-corrected chi connectivity index (χ3v) is 4.11. The van der Waals surface area contributed by atoms with Gasteiger partial charge in [-0.25, -0.2) is 9.59 Å². The molecule has 0 aliphatic carbocycles. The zero-order valence-electron chi connectivity index (χ0n) is 15.6. The SMILES string of the molecule is CCOC(=O)C1=C(C)NC(=O)NC1c1cc(OCC)c(OCC(=O)[O-])cc1Cl. The fourth-order valence-electron chi connectivity index (χ4n) is 2.70. The predicted molar refractivity (Wildman–Crippen MR) is 96.9 cm³/mol. The lowest BCUT2D eigenvalue weighted by molar-refractivity contribution is -0.307. The smallest absolute Gasteiger partial charge is 0.338 e. The molecule has 9 nitrogen and oxygen atoms in total. The minimum absolute atomic E-state index is 0.0958. The maximum Gasteiger partial charge on any atom is 0.338 e. The number of carbonyl (C=O) groups is 3. The van der Waals surface area contributed by atoms with Gasteiger partial charge in [-0.1, -0.05) is 11.6 Å². The van der Waals surface area contributed by atoms with Crippen LogP contribution in [0.25, 0.3) is 0 Å². The molecule has 0 bridgehead atoms. The highest BCUT2D eigenvalue weighted by atomic mass is 35.5. The Kier molecular flexibility index (Phi) is 7.11. The molecular formula is C18H20ClN2O7-. The summed E-state index contributed by atoms with van der Waals surface area (Å²) in [6, 6.07) is 1.44. The largest absolute Gasteiger partial charge is 0.546 e. The second-order valence-electron chi connectivity index (χ2n) is 5.70. The van der Waals surface area contributed by atoms with Crippen molar-refractivity contribution in [2.24, 2.45) is 0 Å². The van der Waals surface area contributed by atoms with E-state index in [0.717, 1.165) is 0 Å². The lowest BCUT2D eigenvalue weighted by Gasteiger charge is -2.29. The highest BCUT2D eigenvalue weighted by molar-refractivity contribution is 6.31. The van der Waals surface area contributed by atoms with E-state index in [-0.39, 0.29) is 35.3 Å². The molecule has 1 aromatic rings. The van der Waals surface area contributed by atoms with Gasteiger partial charge in [-0.2, -0.15) is 0 Å². The van der Waals surface area contributed by atoms with Crippen LogP contribution >= 0.6 is 11.6 Å². The number of esters is 1. The number of urea groups is 1. The lowest BCUT2D eigenvalue weighted by Crippen LogP contribution is -2.45. The van der Waals surface area contributed by atoms with Crippen LogP contribution in [0.3, 0.4) is 0 Å². The number of nitrogens with one attached hydrogen (secondary N) is 2. The normalized spacial score (nSPS) is 16.1. The van der Waals surface area contributed by atoms with Crippen molar-refractivity contribution < 1.29 is 33.7 Å². The molecule has 2 rings (SSSR count). The van der Waals surface area contributed by atoms with Crippen molar-refractivity contribution >= 4 is 29.6 Å². The molecule has 0 saturated carbocycles. The first-order valence-electron chi connectivity index (χ1n) is 8.52. The third-order valence-electron chi connectivity index (χ3n) is 3.78. The number of carbonyl (C=O) groups excluding carboxylic acids is 3. The van der Waals surface area contributed by atoms with Gasteiger partial charge in [0.05, 0.1) is 35.8 Å². The fourth-order valence-corrected chi connectivity index (χ4v) is 2.96. The van der Waals surface area contributed by atoms with Crippen LogP contribution in [0.5, 0.6) is 11.5 Å². The molecule has 0 aromatic heterocycles. The number of amides is 2. The van der Waals surface area contributed by atoms with Gasteiger partial charge in [-0.05, 0) is 26.8 Å². The molecule has 1 aliphatic rings. The van der Waals surface area contributed by atoms with Gasteiger partial charge < -0.3 is 34.7 Å². The summed E-state index contributed by atoms with van der Waals surface area (Å²) >= 11 is 6.35. The second kappa shape index (κ2) is 9.32. The molecule has 10 heteroatoms. The molecule has 1 heterocycles. The van der Waals surface area contributed by atoms with Gasteiger partial charge >= 0.3 is 12.0 Å². The number of hydrogen-bond donors (Lipinski definition) is 2. The molecule has 0 radical (unpaired) electrons. The van der Waals surface area contributed by atoms with Crippen molar-refractivity contribution in [2.45, 2.75) is 26.8 Å². The summed E-state index contributed by atoms with van der Waals surface area (Å²) in [4.78, 5) is 35.1. The molecule has 0 fully saturated rings. The topological polar surface area (TPSA) is 126 Å². The average molecular weight is 412 g/mol. The van der Waals surface area contributed by atoms with Gasteiger partial charge in [-0.3, -0.25) is 0 Å². The second-order valence-corrected chi connectivity index (χ2v) is 6.11. The van der Waals surface area contributed by atoms with E-state index >= 15 is 0 Å². The van der Waals surface area contributed by atoms with E-state index in [1.165, 1.54) is 12.1 Å². The molecule has 1 aromatic carbocycles. The molecule has 2 amide bonds. The standard InChI is InChI=1S/C18H21ClN2O7/c1-4-26-12-6-10(11(19)7-13(12)28-8-14(22)23)16-15(17(24)27-5-2)9(3)20-18(25)21-16/h6-7,16H,4-5,8H2,1-3H3,(H,22,23)(H2,20,21,25)/p-1. The van der Waals surface area contributed by atoms with Crippen LogP contribution in [-0.2, 0) is 14.3 Å². The molecule has 28 heavy (non-hydrogen) atoms. The first kappa shape index (κ1) is 21.4. The summed E-state index contributed by atoms with van der Waals surface area (Å²) in [5.41, 5.74) is 0.885. The highest BCUT2D eigenvalue weighted by Crippen LogP contribution is 2.39. The summed E-state index contributed by atoms with van der Waals surface area (Å²) in [6.45, 7) is 4.71. The molecule has 152 valence electrons. The van der Waals surface area contributed by atoms with Gasteiger partial charge in [0.25, 0.3) is 0 Å².